The van der Waals surface area contributed by atoms with Crippen molar-refractivity contribution in [1.82, 2.24) is 15.5 Å². The number of ether oxygens (including phenoxy) is 1. The van der Waals surface area contributed by atoms with Crippen molar-refractivity contribution in [3.63, 3.8) is 0 Å². The van der Waals surface area contributed by atoms with Crippen molar-refractivity contribution in [3.05, 3.63) is 45.5 Å². The number of nitrogens with zero attached hydrogens (tertiary/aromatic N) is 2. The third-order valence-electron chi connectivity index (χ3n) is 2.87. The Balaban J connectivity index is 1.84. The van der Waals surface area contributed by atoms with Crippen LogP contribution in [0.15, 0.2) is 27.2 Å². The molecule has 0 saturated heterocycles. The van der Waals surface area contributed by atoms with Gasteiger partial charge < -0.3 is 14.6 Å². The molecule has 0 aliphatic heterocycles. The van der Waals surface area contributed by atoms with Crippen LogP contribution in [0.25, 0.3) is 0 Å². The van der Waals surface area contributed by atoms with Crippen molar-refractivity contribution >= 4 is 21.9 Å². The lowest BCUT2D eigenvalue weighted by Gasteiger charge is -2.07. The van der Waals surface area contributed by atoms with Crippen LogP contribution in [0, 0.1) is 6.92 Å². The largest absolute Gasteiger partial charge is 0.465 e. The second-order valence-corrected chi connectivity index (χ2v) is 5.31. The summed E-state index contributed by atoms with van der Waals surface area (Å²) in [4.78, 5) is 15.5. The molecule has 2 rings (SSSR count). The van der Waals surface area contributed by atoms with E-state index in [1.165, 1.54) is 7.11 Å². The number of rotatable bonds is 6. The lowest BCUT2D eigenvalue weighted by Crippen LogP contribution is -2.17. The summed E-state index contributed by atoms with van der Waals surface area (Å²) >= 11 is 3.46. The number of hydrogen-bond acceptors (Lipinski definition) is 6. The van der Waals surface area contributed by atoms with Gasteiger partial charge in [-0.25, -0.2) is 4.79 Å². The topological polar surface area (TPSA) is 77.2 Å². The Kier molecular flexibility index (Phi) is 5.46. The molecule has 0 fully saturated rings. The molecule has 0 saturated carbocycles. The molecule has 0 amide bonds. The summed E-state index contributed by atoms with van der Waals surface area (Å²) < 4.78 is 10.6. The summed E-state index contributed by atoms with van der Waals surface area (Å²) in [6.45, 7) is 3.20. The number of halogens is 1. The van der Waals surface area contributed by atoms with Crippen molar-refractivity contribution in [1.29, 1.82) is 0 Å². The highest BCUT2D eigenvalue weighted by Crippen LogP contribution is 2.19. The van der Waals surface area contributed by atoms with Crippen LogP contribution >= 0.6 is 15.9 Å². The van der Waals surface area contributed by atoms with Gasteiger partial charge in [-0.05, 0) is 24.6 Å². The Morgan fingerprint density at radius 1 is 1.48 bits per heavy atom. The number of esters is 1. The first kappa shape index (κ1) is 15.7. The fourth-order valence-corrected chi connectivity index (χ4v) is 2.31. The van der Waals surface area contributed by atoms with Crippen LogP contribution in [0.4, 0.5) is 0 Å². The molecule has 0 atom stereocenters. The van der Waals surface area contributed by atoms with E-state index in [0.717, 1.165) is 16.6 Å². The van der Waals surface area contributed by atoms with E-state index in [9.17, 15) is 4.79 Å². The van der Waals surface area contributed by atoms with Crippen molar-refractivity contribution in [2.75, 3.05) is 13.7 Å². The van der Waals surface area contributed by atoms with Gasteiger partial charge in [0.2, 0.25) is 5.89 Å². The highest BCUT2D eigenvalue weighted by molar-refractivity contribution is 9.10. The number of benzene rings is 1. The zero-order valence-corrected chi connectivity index (χ0v) is 13.4. The Morgan fingerprint density at radius 2 is 2.29 bits per heavy atom. The lowest BCUT2D eigenvalue weighted by molar-refractivity contribution is 0.0600. The van der Waals surface area contributed by atoms with Gasteiger partial charge >= 0.3 is 5.97 Å². The molecule has 7 heteroatoms. The van der Waals surface area contributed by atoms with Gasteiger partial charge in [0.25, 0.3) is 0 Å². The molecule has 1 aromatic carbocycles. The number of hydrogen-bond donors (Lipinski definition) is 1. The Morgan fingerprint density at radius 3 is 2.90 bits per heavy atom. The first-order chi connectivity index (χ1) is 10.1. The summed E-state index contributed by atoms with van der Waals surface area (Å²) in [6.07, 6.45) is 0.679. The van der Waals surface area contributed by atoms with Crippen LogP contribution in [0.3, 0.4) is 0 Å². The molecule has 0 aliphatic rings. The van der Waals surface area contributed by atoms with E-state index in [-0.39, 0.29) is 5.97 Å². The quantitative estimate of drug-likeness (QED) is 0.633. The highest BCUT2D eigenvalue weighted by Gasteiger charge is 2.08. The van der Waals surface area contributed by atoms with Crippen LogP contribution < -0.4 is 5.32 Å². The van der Waals surface area contributed by atoms with Gasteiger partial charge in [-0.15, -0.1) is 0 Å². The third-order valence-corrected chi connectivity index (χ3v) is 3.61. The van der Waals surface area contributed by atoms with E-state index in [0.29, 0.717) is 30.2 Å². The predicted molar refractivity (Wildman–Crippen MR) is 79.9 cm³/mol. The second kappa shape index (κ2) is 7.33. The maximum absolute atomic E-state index is 11.4. The van der Waals surface area contributed by atoms with Gasteiger partial charge in [0.1, 0.15) is 0 Å². The SMILES string of the molecule is COC(=O)c1ccc(CNCCc2nc(C)no2)c(Br)c1. The number of aromatic nitrogens is 2. The number of nitrogens with one attached hydrogen (secondary N) is 1. The van der Waals surface area contributed by atoms with Crippen molar-refractivity contribution in [2.24, 2.45) is 0 Å². The van der Waals surface area contributed by atoms with Crippen molar-refractivity contribution in [3.8, 4) is 0 Å². The molecule has 0 unspecified atom stereocenters. The summed E-state index contributed by atoms with van der Waals surface area (Å²) in [5, 5.41) is 7.03. The number of carbonyl (C=O) groups is 1. The van der Waals surface area contributed by atoms with Gasteiger partial charge in [0.05, 0.1) is 12.7 Å². The molecule has 0 aliphatic carbocycles. The van der Waals surface area contributed by atoms with Crippen molar-refractivity contribution < 1.29 is 14.1 Å². The summed E-state index contributed by atoms with van der Waals surface area (Å²) in [7, 11) is 1.37. The van der Waals surface area contributed by atoms with Crippen molar-refractivity contribution in [2.45, 2.75) is 19.9 Å². The van der Waals surface area contributed by atoms with Gasteiger partial charge in [0.15, 0.2) is 5.82 Å². The summed E-state index contributed by atoms with van der Waals surface area (Å²) in [6, 6.07) is 5.39. The minimum absolute atomic E-state index is 0.345. The first-order valence-electron chi connectivity index (χ1n) is 6.47. The highest BCUT2D eigenvalue weighted by atomic mass is 79.9. The van der Waals surface area contributed by atoms with E-state index in [1.807, 2.05) is 6.07 Å². The van der Waals surface area contributed by atoms with Crippen LogP contribution in [-0.4, -0.2) is 29.8 Å². The average molecular weight is 354 g/mol. The molecule has 6 nitrogen and oxygen atoms in total. The molecule has 21 heavy (non-hydrogen) atoms. The second-order valence-electron chi connectivity index (χ2n) is 4.46. The van der Waals surface area contributed by atoms with Crippen LogP contribution in [0.1, 0.15) is 27.6 Å². The molecule has 1 aromatic heterocycles. The molecular weight excluding hydrogens is 338 g/mol. The average Bonchev–Trinajstić information content (AvgIpc) is 2.89. The van der Waals surface area contributed by atoms with Crippen LogP contribution in [0.2, 0.25) is 0 Å². The van der Waals surface area contributed by atoms with Gasteiger partial charge in [-0.1, -0.05) is 27.2 Å². The lowest BCUT2D eigenvalue weighted by atomic mass is 10.1. The predicted octanol–water partition coefficient (Wildman–Crippen LogP) is 2.26. The zero-order valence-electron chi connectivity index (χ0n) is 11.9. The number of carbonyl (C=O) groups excluding carboxylic acids is 1. The summed E-state index contributed by atoms with van der Waals surface area (Å²) in [5.41, 5.74) is 1.58. The molecule has 1 heterocycles. The molecule has 0 spiro atoms. The maximum Gasteiger partial charge on any atom is 0.337 e. The summed E-state index contributed by atoms with van der Waals surface area (Å²) in [5.74, 6) is 0.924. The minimum Gasteiger partial charge on any atom is -0.465 e. The maximum atomic E-state index is 11.4. The van der Waals surface area contributed by atoms with E-state index in [2.05, 4.69) is 36.1 Å². The fraction of sp³-hybridized carbons (Fsp3) is 0.357. The van der Waals surface area contributed by atoms with Crippen LogP contribution in [0.5, 0.6) is 0 Å². The molecule has 112 valence electrons. The Labute approximate surface area is 131 Å². The standard InChI is InChI=1S/C14H16BrN3O3/c1-9-17-13(21-18-9)5-6-16-8-11-4-3-10(7-12(11)15)14(19)20-2/h3-4,7,16H,5-6,8H2,1-2H3. The van der Waals surface area contributed by atoms with E-state index < -0.39 is 0 Å². The van der Waals surface area contributed by atoms with Gasteiger partial charge in [-0.2, -0.15) is 4.98 Å². The third kappa shape index (κ3) is 4.37. The Hall–Kier alpha value is -1.73. The minimum atomic E-state index is -0.345. The zero-order chi connectivity index (χ0) is 15.2. The van der Waals surface area contributed by atoms with Crippen LogP contribution in [-0.2, 0) is 17.7 Å². The molecular formula is C14H16BrN3O3. The van der Waals surface area contributed by atoms with E-state index in [1.54, 1.807) is 19.1 Å². The number of methoxy groups -OCH3 is 1. The Bertz CT molecular complexity index is 628. The fourth-order valence-electron chi connectivity index (χ4n) is 1.80. The van der Waals surface area contributed by atoms with Gasteiger partial charge in [-0.3, -0.25) is 0 Å². The molecule has 1 N–H and O–H groups in total. The van der Waals surface area contributed by atoms with E-state index in [4.69, 9.17) is 4.52 Å². The molecule has 2 aromatic rings. The molecule has 0 radical (unpaired) electrons. The first-order valence-corrected chi connectivity index (χ1v) is 7.26. The number of aryl methyl sites for hydroxylation is 1. The van der Waals surface area contributed by atoms with Gasteiger partial charge in [0, 0.05) is 24.0 Å². The smallest absolute Gasteiger partial charge is 0.337 e. The van der Waals surface area contributed by atoms with E-state index >= 15 is 0 Å². The molecule has 0 bridgehead atoms. The normalized spacial score (nSPS) is 10.6. The monoisotopic (exact) mass is 353 g/mol.